The van der Waals surface area contributed by atoms with Crippen LogP contribution in [-0.4, -0.2) is 36.7 Å². The Morgan fingerprint density at radius 2 is 1.74 bits per heavy atom. The molecule has 1 aliphatic heterocycles. The highest BCUT2D eigenvalue weighted by Gasteiger charge is 2.32. The number of thiazole rings is 1. The number of hydrogen-bond donors (Lipinski definition) is 1. The summed E-state index contributed by atoms with van der Waals surface area (Å²) in [5.74, 6) is -0.406. The predicted octanol–water partition coefficient (Wildman–Crippen LogP) is 4.65. The van der Waals surface area contributed by atoms with Gasteiger partial charge in [0.2, 0.25) is 15.9 Å². The van der Waals surface area contributed by atoms with Crippen LogP contribution in [0.25, 0.3) is 11.3 Å². The largest absolute Gasteiger partial charge is 0.302 e. The number of aryl methyl sites for hydroxylation is 3. The number of benzene rings is 2. The summed E-state index contributed by atoms with van der Waals surface area (Å²) in [5.41, 5.74) is 5.87. The van der Waals surface area contributed by atoms with Crippen molar-refractivity contribution >= 4 is 32.4 Å². The number of rotatable bonds is 5. The van der Waals surface area contributed by atoms with E-state index >= 15 is 0 Å². The van der Waals surface area contributed by atoms with E-state index in [2.05, 4.69) is 43.2 Å². The summed E-state index contributed by atoms with van der Waals surface area (Å²) in [4.78, 5) is 17.6. The third-order valence-electron chi connectivity index (χ3n) is 6.30. The van der Waals surface area contributed by atoms with Crippen LogP contribution in [0.2, 0.25) is 0 Å². The molecular formula is C25H26N4O3S2. The Labute approximate surface area is 204 Å². The Bertz CT molecular complexity index is 1360. The van der Waals surface area contributed by atoms with E-state index in [0.29, 0.717) is 23.5 Å². The molecule has 1 N–H and O–H groups in total. The number of carbonyl (C=O) groups is 1. The Morgan fingerprint density at radius 3 is 2.38 bits per heavy atom. The number of piperidine rings is 1. The summed E-state index contributed by atoms with van der Waals surface area (Å²) in [6, 6.07) is 12.1. The molecule has 1 saturated heterocycles. The first-order chi connectivity index (χ1) is 16.2. The molecule has 0 saturated carbocycles. The molecule has 0 spiro atoms. The molecule has 0 unspecified atom stereocenters. The number of sulfonamides is 1. The van der Waals surface area contributed by atoms with Crippen molar-refractivity contribution in [3.05, 3.63) is 64.0 Å². The van der Waals surface area contributed by atoms with Crippen molar-refractivity contribution in [1.29, 1.82) is 5.26 Å². The molecule has 0 aliphatic carbocycles. The van der Waals surface area contributed by atoms with Gasteiger partial charge in [0, 0.05) is 30.0 Å². The first-order valence-electron chi connectivity index (χ1n) is 11.0. The second-order valence-corrected chi connectivity index (χ2v) is 11.4. The summed E-state index contributed by atoms with van der Waals surface area (Å²) in [7, 11) is -3.65. The molecule has 9 heteroatoms. The molecule has 1 aliphatic rings. The normalized spacial score (nSPS) is 15.1. The van der Waals surface area contributed by atoms with Gasteiger partial charge in [-0.1, -0.05) is 6.07 Å². The molecule has 0 atom stereocenters. The van der Waals surface area contributed by atoms with Gasteiger partial charge in [-0.2, -0.15) is 9.57 Å². The average molecular weight is 495 g/mol. The Morgan fingerprint density at radius 1 is 1.09 bits per heavy atom. The standard InChI is InChI=1S/C25H26N4O3S2/c1-16-12-18(3)22(13-17(16)2)23-15-33-25(27-23)28-24(30)20-8-10-29(11-9-20)34(31,32)21-6-4-19(14-26)5-7-21/h4-7,12-13,15,20H,8-11H2,1-3H3,(H,27,28,30). The summed E-state index contributed by atoms with van der Waals surface area (Å²) in [5, 5.41) is 14.3. The van der Waals surface area contributed by atoms with E-state index in [9.17, 15) is 13.2 Å². The summed E-state index contributed by atoms with van der Waals surface area (Å²) in [6.45, 7) is 6.75. The molecule has 1 amide bonds. The fourth-order valence-electron chi connectivity index (χ4n) is 4.11. The van der Waals surface area contributed by atoms with E-state index in [1.165, 1.54) is 51.0 Å². The third kappa shape index (κ3) is 4.89. The zero-order valence-corrected chi connectivity index (χ0v) is 21.0. The van der Waals surface area contributed by atoms with Gasteiger partial charge in [0.25, 0.3) is 0 Å². The zero-order chi connectivity index (χ0) is 24.5. The third-order valence-corrected chi connectivity index (χ3v) is 8.97. The molecular weight excluding hydrogens is 468 g/mol. The lowest BCUT2D eigenvalue weighted by Gasteiger charge is -2.30. The molecule has 0 bridgehead atoms. The number of hydrogen-bond acceptors (Lipinski definition) is 6. The molecule has 4 rings (SSSR count). The van der Waals surface area contributed by atoms with Crippen LogP contribution >= 0.6 is 11.3 Å². The van der Waals surface area contributed by atoms with Crippen molar-refractivity contribution in [3.8, 4) is 17.3 Å². The minimum absolute atomic E-state index is 0.131. The molecule has 176 valence electrons. The molecule has 1 fully saturated rings. The van der Waals surface area contributed by atoms with Crippen LogP contribution in [0.15, 0.2) is 46.7 Å². The molecule has 7 nitrogen and oxygen atoms in total. The second kappa shape index (κ2) is 9.66. The van der Waals surface area contributed by atoms with Crippen molar-refractivity contribution in [1.82, 2.24) is 9.29 Å². The fraction of sp³-hybridized carbons (Fsp3) is 0.320. The van der Waals surface area contributed by atoms with Gasteiger partial charge in [-0.15, -0.1) is 11.3 Å². The van der Waals surface area contributed by atoms with Crippen LogP contribution in [0.3, 0.4) is 0 Å². The van der Waals surface area contributed by atoms with E-state index in [0.717, 1.165) is 16.8 Å². The van der Waals surface area contributed by atoms with Crippen molar-refractivity contribution < 1.29 is 13.2 Å². The molecule has 2 aromatic carbocycles. The predicted molar refractivity (Wildman–Crippen MR) is 133 cm³/mol. The van der Waals surface area contributed by atoms with Crippen LogP contribution in [0.4, 0.5) is 5.13 Å². The van der Waals surface area contributed by atoms with E-state index in [1.807, 2.05) is 11.4 Å². The van der Waals surface area contributed by atoms with E-state index in [1.54, 1.807) is 0 Å². The van der Waals surface area contributed by atoms with Gasteiger partial charge in [0.15, 0.2) is 5.13 Å². The summed E-state index contributed by atoms with van der Waals surface area (Å²) >= 11 is 1.39. The van der Waals surface area contributed by atoms with Crippen molar-refractivity contribution in [2.45, 2.75) is 38.5 Å². The van der Waals surface area contributed by atoms with Gasteiger partial charge >= 0.3 is 0 Å². The maximum absolute atomic E-state index is 12.9. The van der Waals surface area contributed by atoms with Gasteiger partial charge in [-0.25, -0.2) is 13.4 Å². The zero-order valence-electron chi connectivity index (χ0n) is 19.3. The maximum atomic E-state index is 12.9. The van der Waals surface area contributed by atoms with Crippen LogP contribution < -0.4 is 5.32 Å². The van der Waals surface area contributed by atoms with Gasteiger partial charge < -0.3 is 5.32 Å². The number of amides is 1. The minimum Gasteiger partial charge on any atom is -0.302 e. The lowest BCUT2D eigenvalue weighted by Crippen LogP contribution is -2.41. The number of nitrogens with one attached hydrogen (secondary N) is 1. The number of carbonyl (C=O) groups excluding carboxylic acids is 1. The Hall–Kier alpha value is -3.06. The molecule has 1 aromatic heterocycles. The van der Waals surface area contributed by atoms with Crippen molar-refractivity contribution in [2.75, 3.05) is 18.4 Å². The SMILES string of the molecule is Cc1cc(C)c(-c2csc(NC(=O)C3CCN(S(=O)(=O)c4ccc(C#N)cc4)CC3)n2)cc1C. The van der Waals surface area contributed by atoms with Crippen molar-refractivity contribution in [3.63, 3.8) is 0 Å². The van der Waals surface area contributed by atoms with Crippen LogP contribution in [-0.2, 0) is 14.8 Å². The first kappa shape index (κ1) is 24.1. The van der Waals surface area contributed by atoms with Crippen LogP contribution in [0.5, 0.6) is 0 Å². The highest BCUT2D eigenvalue weighted by Crippen LogP contribution is 2.30. The van der Waals surface area contributed by atoms with Gasteiger partial charge in [-0.3, -0.25) is 4.79 Å². The first-order valence-corrected chi connectivity index (χ1v) is 13.4. The topological polar surface area (TPSA) is 103 Å². The lowest BCUT2D eigenvalue weighted by molar-refractivity contribution is -0.120. The smallest absolute Gasteiger partial charge is 0.243 e. The highest BCUT2D eigenvalue weighted by atomic mass is 32.2. The maximum Gasteiger partial charge on any atom is 0.243 e. The number of nitriles is 1. The van der Waals surface area contributed by atoms with Gasteiger partial charge in [0.05, 0.1) is 22.2 Å². The monoisotopic (exact) mass is 494 g/mol. The van der Waals surface area contributed by atoms with E-state index < -0.39 is 10.0 Å². The average Bonchev–Trinajstić information content (AvgIpc) is 3.29. The van der Waals surface area contributed by atoms with Gasteiger partial charge in [-0.05, 0) is 80.6 Å². The lowest BCUT2D eigenvalue weighted by atomic mass is 9.97. The van der Waals surface area contributed by atoms with E-state index in [4.69, 9.17) is 5.26 Å². The van der Waals surface area contributed by atoms with Crippen LogP contribution in [0.1, 0.15) is 35.1 Å². The number of aromatic nitrogens is 1. The minimum atomic E-state index is -3.65. The summed E-state index contributed by atoms with van der Waals surface area (Å²) < 4.78 is 27.2. The fourth-order valence-corrected chi connectivity index (χ4v) is 6.29. The van der Waals surface area contributed by atoms with Crippen molar-refractivity contribution in [2.24, 2.45) is 5.92 Å². The number of nitrogens with zero attached hydrogens (tertiary/aromatic N) is 3. The van der Waals surface area contributed by atoms with Crippen LogP contribution in [0, 0.1) is 38.0 Å². The Balaban J connectivity index is 1.38. The Kier molecular flexibility index (Phi) is 6.84. The summed E-state index contributed by atoms with van der Waals surface area (Å²) in [6.07, 6.45) is 0.881. The molecule has 2 heterocycles. The highest BCUT2D eigenvalue weighted by molar-refractivity contribution is 7.89. The second-order valence-electron chi connectivity index (χ2n) is 8.59. The molecule has 34 heavy (non-hydrogen) atoms. The quantitative estimate of drug-likeness (QED) is 0.556. The molecule has 0 radical (unpaired) electrons. The molecule has 3 aromatic rings. The van der Waals surface area contributed by atoms with E-state index in [-0.39, 0.29) is 29.8 Å². The number of anilines is 1. The van der Waals surface area contributed by atoms with Gasteiger partial charge in [0.1, 0.15) is 0 Å².